The molecule has 1 amide bonds. The van der Waals surface area contributed by atoms with Crippen LogP contribution in [-0.4, -0.2) is 22.1 Å². The Hall–Kier alpha value is -1.92. The molecule has 3 N–H and O–H groups in total. The van der Waals surface area contributed by atoms with Crippen LogP contribution in [0.15, 0.2) is 28.8 Å². The van der Waals surface area contributed by atoms with Gasteiger partial charge in [-0.05, 0) is 49.7 Å². The first-order chi connectivity index (χ1) is 12.6. The highest BCUT2D eigenvalue weighted by Gasteiger charge is 2.40. The standard InChI is InChI=1S/C19H23ClN4O2/c20-15-6-2-5-13(9-15)18-23-16(26-24-18)10-22-19(25)14-7-11-3-1-4-12(8-14)17(11)21/h2,5-6,9,11-12,14,17H,1,3-4,7-8,10,21H2,(H,22,25). The van der Waals surface area contributed by atoms with Crippen LogP contribution in [0.25, 0.3) is 11.4 Å². The van der Waals surface area contributed by atoms with E-state index >= 15 is 0 Å². The number of hydrogen-bond donors (Lipinski definition) is 2. The van der Waals surface area contributed by atoms with E-state index < -0.39 is 0 Å². The lowest BCUT2D eigenvalue weighted by molar-refractivity contribution is -0.128. The summed E-state index contributed by atoms with van der Waals surface area (Å²) in [5.41, 5.74) is 7.09. The molecular weight excluding hydrogens is 352 g/mol. The second-order valence-corrected chi connectivity index (χ2v) is 7.87. The Morgan fingerprint density at radius 2 is 2.08 bits per heavy atom. The summed E-state index contributed by atoms with van der Waals surface area (Å²) in [4.78, 5) is 16.9. The van der Waals surface area contributed by atoms with Gasteiger partial charge in [-0.2, -0.15) is 4.98 Å². The SMILES string of the molecule is NC1C2CCCC1CC(C(=O)NCc1nc(-c3cccc(Cl)c3)no1)C2. The molecule has 1 aromatic heterocycles. The van der Waals surface area contributed by atoms with Gasteiger partial charge >= 0.3 is 0 Å². The van der Waals surface area contributed by atoms with Gasteiger partial charge in [0.1, 0.15) is 0 Å². The van der Waals surface area contributed by atoms with Crippen molar-refractivity contribution in [1.29, 1.82) is 0 Å². The Bertz CT molecular complexity index is 779. The minimum absolute atomic E-state index is 0.0421. The average molecular weight is 375 g/mol. The van der Waals surface area contributed by atoms with Gasteiger partial charge < -0.3 is 15.6 Å². The van der Waals surface area contributed by atoms with Crippen LogP contribution < -0.4 is 11.1 Å². The molecule has 2 aliphatic carbocycles. The molecule has 2 aliphatic rings. The number of fused-ring (bicyclic) bond motifs is 2. The molecular formula is C19H23ClN4O2. The number of carbonyl (C=O) groups is 1. The molecule has 138 valence electrons. The molecule has 26 heavy (non-hydrogen) atoms. The van der Waals surface area contributed by atoms with Crippen LogP contribution in [0, 0.1) is 17.8 Å². The van der Waals surface area contributed by atoms with Crippen molar-refractivity contribution in [3.8, 4) is 11.4 Å². The number of hydrogen-bond acceptors (Lipinski definition) is 5. The number of rotatable bonds is 4. The smallest absolute Gasteiger partial charge is 0.246 e. The molecule has 2 atom stereocenters. The van der Waals surface area contributed by atoms with Crippen LogP contribution in [0.5, 0.6) is 0 Å². The topological polar surface area (TPSA) is 94.0 Å². The number of amides is 1. The molecule has 6 nitrogen and oxygen atoms in total. The van der Waals surface area contributed by atoms with Crippen LogP contribution in [0.4, 0.5) is 0 Å². The van der Waals surface area contributed by atoms with E-state index in [9.17, 15) is 4.79 Å². The third-order valence-corrected chi connectivity index (χ3v) is 5.98. The lowest BCUT2D eigenvalue weighted by Gasteiger charge is -2.43. The number of aromatic nitrogens is 2. The Labute approximate surface area is 157 Å². The molecule has 0 aliphatic heterocycles. The summed E-state index contributed by atoms with van der Waals surface area (Å²) < 4.78 is 5.25. The van der Waals surface area contributed by atoms with Crippen molar-refractivity contribution in [2.75, 3.05) is 0 Å². The maximum absolute atomic E-state index is 12.6. The molecule has 1 aromatic carbocycles. The van der Waals surface area contributed by atoms with E-state index in [-0.39, 0.29) is 24.4 Å². The Morgan fingerprint density at radius 1 is 1.31 bits per heavy atom. The summed E-state index contributed by atoms with van der Waals surface area (Å²) >= 11 is 5.99. The fraction of sp³-hybridized carbons (Fsp3) is 0.526. The fourth-order valence-electron chi connectivity index (χ4n) is 4.38. The lowest BCUT2D eigenvalue weighted by atomic mass is 9.65. The number of nitrogens with two attached hydrogens (primary N) is 1. The summed E-state index contributed by atoms with van der Waals surface area (Å²) in [5, 5.41) is 7.52. The predicted octanol–water partition coefficient (Wildman–Crippen LogP) is 3.16. The van der Waals surface area contributed by atoms with Crippen LogP contribution >= 0.6 is 11.6 Å². The third kappa shape index (κ3) is 3.62. The van der Waals surface area contributed by atoms with Crippen LogP contribution in [0.3, 0.4) is 0 Å². The van der Waals surface area contributed by atoms with E-state index in [1.54, 1.807) is 12.1 Å². The normalized spacial score (nSPS) is 27.9. The second kappa shape index (κ2) is 7.37. The number of benzene rings is 1. The van der Waals surface area contributed by atoms with Gasteiger partial charge in [0.15, 0.2) is 0 Å². The van der Waals surface area contributed by atoms with Crippen molar-refractivity contribution in [3.05, 3.63) is 35.2 Å². The van der Waals surface area contributed by atoms with Crippen molar-refractivity contribution < 1.29 is 9.32 Å². The van der Waals surface area contributed by atoms with Crippen LogP contribution in [0.2, 0.25) is 5.02 Å². The van der Waals surface area contributed by atoms with Gasteiger partial charge in [-0.25, -0.2) is 0 Å². The van der Waals surface area contributed by atoms with Crippen molar-refractivity contribution in [2.45, 2.75) is 44.7 Å². The Balaban J connectivity index is 1.35. The van der Waals surface area contributed by atoms with E-state index in [0.29, 0.717) is 28.6 Å². The highest BCUT2D eigenvalue weighted by atomic mass is 35.5. The van der Waals surface area contributed by atoms with Gasteiger partial charge in [0.05, 0.1) is 6.54 Å². The monoisotopic (exact) mass is 374 g/mol. The first kappa shape index (κ1) is 17.5. The molecule has 2 unspecified atom stereocenters. The Morgan fingerprint density at radius 3 is 2.81 bits per heavy atom. The van der Waals surface area contributed by atoms with Gasteiger partial charge in [0, 0.05) is 22.5 Å². The molecule has 0 saturated heterocycles. The van der Waals surface area contributed by atoms with Gasteiger partial charge in [-0.3, -0.25) is 4.79 Å². The summed E-state index contributed by atoms with van der Waals surface area (Å²) in [6.07, 6.45) is 5.32. The first-order valence-corrected chi connectivity index (χ1v) is 9.60. The maximum atomic E-state index is 12.6. The highest BCUT2D eigenvalue weighted by Crippen LogP contribution is 2.41. The fourth-order valence-corrected chi connectivity index (χ4v) is 4.57. The van der Waals surface area contributed by atoms with Crippen molar-refractivity contribution in [2.24, 2.45) is 23.5 Å². The highest BCUT2D eigenvalue weighted by molar-refractivity contribution is 6.30. The van der Waals surface area contributed by atoms with E-state index in [0.717, 1.165) is 31.2 Å². The summed E-state index contributed by atoms with van der Waals surface area (Å²) in [5.74, 6) is 1.93. The molecule has 7 heteroatoms. The molecule has 1 heterocycles. The summed E-state index contributed by atoms with van der Waals surface area (Å²) in [6.45, 7) is 0.240. The molecule has 2 aromatic rings. The van der Waals surface area contributed by atoms with E-state index in [2.05, 4.69) is 15.5 Å². The van der Waals surface area contributed by atoms with Gasteiger partial charge in [0.2, 0.25) is 17.6 Å². The number of nitrogens with one attached hydrogen (secondary N) is 1. The van der Waals surface area contributed by atoms with Gasteiger partial charge in [-0.1, -0.05) is 35.3 Å². The average Bonchev–Trinajstić information content (AvgIpc) is 3.08. The third-order valence-electron chi connectivity index (χ3n) is 5.75. The molecule has 0 spiro atoms. The van der Waals surface area contributed by atoms with E-state index in [1.807, 2.05) is 12.1 Å². The quantitative estimate of drug-likeness (QED) is 0.857. The Kier molecular flexibility index (Phi) is 4.96. The molecule has 2 fully saturated rings. The van der Waals surface area contributed by atoms with Gasteiger partial charge in [0.25, 0.3) is 0 Å². The minimum Gasteiger partial charge on any atom is -0.347 e. The molecule has 2 bridgehead atoms. The van der Waals surface area contributed by atoms with Crippen molar-refractivity contribution >= 4 is 17.5 Å². The molecule has 0 radical (unpaired) electrons. The summed E-state index contributed by atoms with van der Waals surface area (Å²) in [6, 6.07) is 7.53. The zero-order valence-electron chi connectivity index (χ0n) is 14.5. The number of halogens is 1. The molecule has 2 saturated carbocycles. The number of nitrogens with zero attached hydrogens (tertiary/aromatic N) is 2. The van der Waals surface area contributed by atoms with Crippen LogP contribution in [-0.2, 0) is 11.3 Å². The molecule has 4 rings (SSSR count). The van der Waals surface area contributed by atoms with Crippen LogP contribution in [0.1, 0.15) is 38.0 Å². The van der Waals surface area contributed by atoms with Gasteiger partial charge in [-0.15, -0.1) is 0 Å². The first-order valence-electron chi connectivity index (χ1n) is 9.22. The predicted molar refractivity (Wildman–Crippen MR) is 98.1 cm³/mol. The van der Waals surface area contributed by atoms with E-state index in [4.69, 9.17) is 21.9 Å². The minimum atomic E-state index is 0.0421. The van der Waals surface area contributed by atoms with Crippen molar-refractivity contribution in [3.63, 3.8) is 0 Å². The second-order valence-electron chi connectivity index (χ2n) is 7.44. The summed E-state index contributed by atoms with van der Waals surface area (Å²) in [7, 11) is 0. The number of carbonyl (C=O) groups excluding carboxylic acids is 1. The zero-order chi connectivity index (χ0) is 18.1. The van der Waals surface area contributed by atoms with E-state index in [1.165, 1.54) is 6.42 Å². The van der Waals surface area contributed by atoms with Crippen molar-refractivity contribution in [1.82, 2.24) is 15.5 Å². The zero-order valence-corrected chi connectivity index (χ0v) is 15.3. The lowest BCUT2D eigenvalue weighted by Crippen LogP contribution is -2.49. The largest absolute Gasteiger partial charge is 0.347 e. The maximum Gasteiger partial charge on any atom is 0.246 e.